The summed E-state index contributed by atoms with van der Waals surface area (Å²) in [5.74, 6) is 0.245. The molecule has 0 saturated heterocycles. The molecule has 0 aliphatic rings. The molecule has 0 saturated carbocycles. The first kappa shape index (κ1) is 8.23. The lowest BCUT2D eigenvalue weighted by atomic mass is 10.2. The van der Waals surface area contributed by atoms with Crippen LogP contribution in [0.1, 0.15) is 0 Å². The summed E-state index contributed by atoms with van der Waals surface area (Å²) in [5, 5.41) is 11.0. The maximum Gasteiger partial charge on any atom is 0.147 e. The van der Waals surface area contributed by atoms with Crippen molar-refractivity contribution in [1.29, 1.82) is 0 Å². The lowest BCUT2D eigenvalue weighted by Gasteiger charge is -1.90. The van der Waals surface area contributed by atoms with Crippen LogP contribution >= 0.6 is 35.6 Å². The van der Waals surface area contributed by atoms with Gasteiger partial charge in [-0.15, -0.1) is 24.0 Å². The Morgan fingerprint density at radius 2 is 2.17 bits per heavy atom. The molecule has 0 spiro atoms. The molecule has 1 N–H and O–H groups in total. The van der Waals surface area contributed by atoms with Crippen LogP contribution in [0.4, 0.5) is 0 Å². The lowest BCUT2D eigenvalue weighted by Crippen LogP contribution is -1.64. The third-order valence-electron chi connectivity index (χ3n) is 1.61. The van der Waals surface area contributed by atoms with Crippen molar-refractivity contribution in [3.8, 4) is 5.75 Å². The second-order valence-corrected chi connectivity index (χ2v) is 4.63. The van der Waals surface area contributed by atoms with Crippen molar-refractivity contribution in [2.75, 3.05) is 0 Å². The average Bonchev–Trinajstić information content (AvgIpc) is 2.28. The van der Waals surface area contributed by atoms with Gasteiger partial charge in [0.15, 0.2) is 0 Å². The highest BCUT2D eigenvalue weighted by Gasteiger charge is 2.07. The Bertz CT molecular complexity index is 436. The molecule has 1 aromatic carbocycles. The van der Waals surface area contributed by atoms with Crippen LogP contribution < -0.4 is 0 Å². The number of aromatic hydroxyl groups is 1. The van der Waals surface area contributed by atoms with Gasteiger partial charge in [0, 0.05) is 15.1 Å². The van der Waals surface area contributed by atoms with E-state index in [0.29, 0.717) is 9.23 Å². The fourth-order valence-corrected chi connectivity index (χ4v) is 2.57. The SMILES string of the molecule is Oc1c(S)sc2cc(Cl)ccc12. The molecule has 2 aromatic rings. The smallest absolute Gasteiger partial charge is 0.147 e. The molecular weight excluding hydrogens is 212 g/mol. The van der Waals surface area contributed by atoms with Crippen molar-refractivity contribution in [3.63, 3.8) is 0 Å². The quantitative estimate of drug-likeness (QED) is 0.646. The van der Waals surface area contributed by atoms with E-state index >= 15 is 0 Å². The summed E-state index contributed by atoms with van der Waals surface area (Å²) < 4.78 is 1.59. The minimum Gasteiger partial charge on any atom is -0.505 e. The van der Waals surface area contributed by atoms with Crippen molar-refractivity contribution in [2.24, 2.45) is 0 Å². The molecule has 0 amide bonds. The number of hydrogen-bond donors (Lipinski definition) is 2. The van der Waals surface area contributed by atoms with E-state index in [-0.39, 0.29) is 5.75 Å². The molecule has 1 aromatic heterocycles. The summed E-state index contributed by atoms with van der Waals surface area (Å²) in [6.45, 7) is 0. The van der Waals surface area contributed by atoms with Gasteiger partial charge in [-0.3, -0.25) is 0 Å². The van der Waals surface area contributed by atoms with E-state index in [2.05, 4.69) is 12.6 Å². The van der Waals surface area contributed by atoms with Gasteiger partial charge >= 0.3 is 0 Å². The summed E-state index contributed by atoms with van der Waals surface area (Å²) in [6.07, 6.45) is 0. The highest BCUT2D eigenvalue weighted by atomic mass is 35.5. The van der Waals surface area contributed by atoms with Crippen molar-refractivity contribution >= 4 is 45.7 Å². The Morgan fingerprint density at radius 1 is 1.42 bits per heavy atom. The van der Waals surface area contributed by atoms with Gasteiger partial charge in [-0.1, -0.05) is 11.6 Å². The van der Waals surface area contributed by atoms with E-state index < -0.39 is 0 Å². The molecule has 4 heteroatoms. The van der Waals surface area contributed by atoms with Gasteiger partial charge in [-0.05, 0) is 18.2 Å². The highest BCUT2D eigenvalue weighted by molar-refractivity contribution is 7.83. The minimum absolute atomic E-state index is 0.245. The number of hydrogen-bond acceptors (Lipinski definition) is 3. The van der Waals surface area contributed by atoms with E-state index in [4.69, 9.17) is 11.6 Å². The van der Waals surface area contributed by atoms with Gasteiger partial charge in [0.1, 0.15) is 5.75 Å². The van der Waals surface area contributed by atoms with Crippen molar-refractivity contribution < 1.29 is 5.11 Å². The van der Waals surface area contributed by atoms with Gasteiger partial charge in [-0.25, -0.2) is 0 Å². The zero-order valence-corrected chi connectivity index (χ0v) is 8.38. The van der Waals surface area contributed by atoms with Crippen molar-refractivity contribution in [2.45, 2.75) is 4.21 Å². The normalized spacial score (nSPS) is 10.8. The molecule has 0 atom stereocenters. The van der Waals surface area contributed by atoms with Gasteiger partial charge in [-0.2, -0.15) is 0 Å². The first-order valence-corrected chi connectivity index (χ1v) is 4.92. The second-order valence-electron chi connectivity index (χ2n) is 2.40. The standard InChI is InChI=1S/C8H5ClOS2/c9-4-1-2-5-6(3-4)12-8(11)7(5)10/h1-3,10-11H. The van der Waals surface area contributed by atoms with Gasteiger partial charge in [0.2, 0.25) is 0 Å². The molecule has 0 aliphatic carbocycles. The van der Waals surface area contributed by atoms with E-state index in [0.717, 1.165) is 10.1 Å². The number of benzene rings is 1. The molecule has 0 unspecified atom stereocenters. The summed E-state index contributed by atoms with van der Waals surface area (Å²) in [5.41, 5.74) is 0. The second kappa shape index (κ2) is 2.83. The molecule has 1 nitrogen and oxygen atoms in total. The van der Waals surface area contributed by atoms with Crippen LogP contribution in [-0.4, -0.2) is 5.11 Å². The molecule has 2 rings (SSSR count). The third kappa shape index (κ3) is 1.18. The summed E-state index contributed by atoms with van der Waals surface area (Å²) >= 11 is 11.3. The summed E-state index contributed by atoms with van der Waals surface area (Å²) in [4.78, 5) is 0. The number of rotatable bonds is 0. The largest absolute Gasteiger partial charge is 0.505 e. The number of thiophene rings is 1. The topological polar surface area (TPSA) is 20.2 Å². The van der Waals surface area contributed by atoms with Gasteiger partial charge < -0.3 is 5.11 Å². The molecule has 12 heavy (non-hydrogen) atoms. The zero-order chi connectivity index (χ0) is 8.72. The molecule has 0 radical (unpaired) electrons. The van der Waals surface area contributed by atoms with E-state index in [1.807, 2.05) is 6.07 Å². The van der Waals surface area contributed by atoms with Crippen molar-refractivity contribution in [3.05, 3.63) is 23.2 Å². The van der Waals surface area contributed by atoms with Crippen LogP contribution in [-0.2, 0) is 0 Å². The van der Waals surface area contributed by atoms with Crippen LogP contribution in [0.3, 0.4) is 0 Å². The molecule has 0 aliphatic heterocycles. The molecule has 0 fully saturated rings. The van der Waals surface area contributed by atoms with Crippen LogP contribution in [0.2, 0.25) is 5.02 Å². The highest BCUT2D eigenvalue weighted by Crippen LogP contribution is 2.39. The average molecular weight is 217 g/mol. The van der Waals surface area contributed by atoms with Crippen LogP contribution in [0.5, 0.6) is 5.75 Å². The first-order valence-electron chi connectivity index (χ1n) is 3.28. The fourth-order valence-electron chi connectivity index (χ4n) is 1.04. The van der Waals surface area contributed by atoms with E-state index in [9.17, 15) is 5.11 Å². The van der Waals surface area contributed by atoms with Crippen LogP contribution in [0.25, 0.3) is 10.1 Å². The predicted molar refractivity (Wildman–Crippen MR) is 55.8 cm³/mol. The number of thiol groups is 1. The van der Waals surface area contributed by atoms with Gasteiger partial charge in [0.05, 0.1) is 4.21 Å². The molecular formula is C8H5ClOS2. The zero-order valence-electron chi connectivity index (χ0n) is 5.91. The maximum atomic E-state index is 9.48. The summed E-state index contributed by atoms with van der Waals surface area (Å²) in [6, 6.07) is 5.37. The van der Waals surface area contributed by atoms with Gasteiger partial charge in [0.25, 0.3) is 0 Å². The van der Waals surface area contributed by atoms with E-state index in [1.54, 1.807) is 12.1 Å². The Kier molecular flexibility index (Phi) is 1.94. The third-order valence-corrected chi connectivity index (χ3v) is 3.27. The summed E-state index contributed by atoms with van der Waals surface area (Å²) in [7, 11) is 0. The fraction of sp³-hybridized carbons (Fsp3) is 0. The Morgan fingerprint density at radius 3 is 2.92 bits per heavy atom. The first-order chi connectivity index (χ1) is 5.68. The molecule has 0 bridgehead atoms. The molecule has 62 valence electrons. The molecule has 1 heterocycles. The Balaban J connectivity index is 2.87. The van der Waals surface area contributed by atoms with Crippen molar-refractivity contribution in [1.82, 2.24) is 0 Å². The van der Waals surface area contributed by atoms with Crippen LogP contribution in [0, 0.1) is 0 Å². The lowest BCUT2D eigenvalue weighted by molar-refractivity contribution is 0.473. The van der Waals surface area contributed by atoms with E-state index in [1.165, 1.54) is 11.3 Å². The minimum atomic E-state index is 0.245. The maximum absolute atomic E-state index is 9.48. The number of fused-ring (bicyclic) bond motifs is 1. The van der Waals surface area contributed by atoms with Crippen LogP contribution in [0.15, 0.2) is 22.4 Å². The predicted octanol–water partition coefficient (Wildman–Crippen LogP) is 3.55. The number of halogens is 1. The Labute approximate surface area is 84.0 Å². The Hall–Kier alpha value is -0.380. The monoisotopic (exact) mass is 216 g/mol.